The molecule has 8 heavy (non-hydrogen) atoms. The Kier molecular flexibility index (Phi) is 6.44. The number of hydrogen-bond acceptors (Lipinski definition) is 1. The highest BCUT2D eigenvalue weighted by atomic mass is 35.5. The predicted molar refractivity (Wildman–Crippen MR) is 40.9 cm³/mol. The van der Waals surface area contributed by atoms with Gasteiger partial charge in [0.15, 0.2) is 0 Å². The van der Waals surface area contributed by atoms with Crippen molar-refractivity contribution >= 4 is 33.7 Å². The number of rotatable bonds is 4. The summed E-state index contributed by atoms with van der Waals surface area (Å²) in [5, 5.41) is 0. The van der Waals surface area contributed by atoms with Gasteiger partial charge in [0.2, 0.25) is 0 Å². The molecule has 0 aliphatic rings. The van der Waals surface area contributed by atoms with E-state index in [4.69, 9.17) is 27.6 Å². The summed E-state index contributed by atoms with van der Waals surface area (Å²) in [7, 11) is 0.753. The van der Waals surface area contributed by atoms with Crippen LogP contribution in [0.3, 0.4) is 0 Å². The summed E-state index contributed by atoms with van der Waals surface area (Å²) in [6.07, 6.45) is 1.06. The topological polar surface area (TPSA) is 9.23 Å². The van der Waals surface area contributed by atoms with Crippen molar-refractivity contribution in [2.24, 2.45) is 0 Å². The molecule has 50 valence electrons. The summed E-state index contributed by atoms with van der Waals surface area (Å²) < 4.78 is 5.06. The van der Waals surface area contributed by atoms with Gasteiger partial charge in [-0.05, 0) is 6.42 Å². The minimum atomic E-state index is 0.195. The first-order valence-corrected chi connectivity index (χ1v) is 4.38. The molecule has 0 rings (SSSR count). The van der Waals surface area contributed by atoms with Gasteiger partial charge in [0.05, 0.1) is 6.10 Å². The zero-order chi connectivity index (χ0) is 6.41. The number of alkyl halides is 2. The normalized spacial score (nSPS) is 14.2. The molecular weight excluding hydrogens is 163 g/mol. The van der Waals surface area contributed by atoms with Crippen LogP contribution in [0.2, 0.25) is 0 Å². The molecule has 0 fully saturated rings. The standard InChI is InChI=1S/C4H10Cl2OSi/c5-2-1-4(3-6)7-8/h4H,1-3H2,8H3. The average Bonchev–Trinajstić information content (AvgIpc) is 1.83. The smallest absolute Gasteiger partial charge is 0.146 e. The van der Waals surface area contributed by atoms with Crippen LogP contribution in [0.4, 0.5) is 0 Å². The van der Waals surface area contributed by atoms with E-state index in [-0.39, 0.29) is 6.10 Å². The summed E-state index contributed by atoms with van der Waals surface area (Å²) in [6, 6.07) is 0. The first-order valence-electron chi connectivity index (χ1n) is 2.49. The molecule has 0 N–H and O–H groups in total. The van der Waals surface area contributed by atoms with Crippen LogP contribution in [0.15, 0.2) is 0 Å². The van der Waals surface area contributed by atoms with Crippen molar-refractivity contribution in [1.82, 2.24) is 0 Å². The van der Waals surface area contributed by atoms with Crippen LogP contribution < -0.4 is 0 Å². The molecule has 0 amide bonds. The van der Waals surface area contributed by atoms with E-state index >= 15 is 0 Å². The van der Waals surface area contributed by atoms with E-state index in [9.17, 15) is 0 Å². The third kappa shape index (κ3) is 3.72. The lowest BCUT2D eigenvalue weighted by Gasteiger charge is -2.08. The summed E-state index contributed by atoms with van der Waals surface area (Å²) in [5.41, 5.74) is 0. The van der Waals surface area contributed by atoms with Gasteiger partial charge < -0.3 is 4.43 Å². The lowest BCUT2D eigenvalue weighted by molar-refractivity contribution is 0.244. The third-order valence-electron chi connectivity index (χ3n) is 0.937. The monoisotopic (exact) mass is 172 g/mol. The molecule has 1 nitrogen and oxygen atoms in total. The number of hydrogen-bond donors (Lipinski definition) is 0. The largest absolute Gasteiger partial charge is 0.424 e. The van der Waals surface area contributed by atoms with E-state index in [0.29, 0.717) is 11.8 Å². The number of halogens is 2. The van der Waals surface area contributed by atoms with Crippen LogP contribution in [-0.2, 0) is 4.43 Å². The van der Waals surface area contributed by atoms with E-state index in [1.54, 1.807) is 0 Å². The quantitative estimate of drug-likeness (QED) is 0.445. The molecule has 1 atom stereocenters. The molecule has 0 aromatic carbocycles. The summed E-state index contributed by atoms with van der Waals surface area (Å²) in [6.45, 7) is 0. The van der Waals surface area contributed by atoms with Crippen LogP contribution in [0, 0.1) is 0 Å². The maximum absolute atomic E-state index is 5.49. The Labute approximate surface area is 62.8 Å². The van der Waals surface area contributed by atoms with Crippen molar-refractivity contribution in [2.45, 2.75) is 12.5 Å². The van der Waals surface area contributed by atoms with E-state index in [1.165, 1.54) is 0 Å². The Morgan fingerprint density at radius 1 is 1.50 bits per heavy atom. The molecule has 4 heteroatoms. The molecule has 0 heterocycles. The van der Waals surface area contributed by atoms with Gasteiger partial charge in [-0.1, -0.05) is 0 Å². The Morgan fingerprint density at radius 2 is 2.12 bits per heavy atom. The van der Waals surface area contributed by atoms with Gasteiger partial charge in [0.1, 0.15) is 10.5 Å². The highest BCUT2D eigenvalue weighted by Crippen LogP contribution is 1.99. The summed E-state index contributed by atoms with van der Waals surface area (Å²) >= 11 is 10.9. The van der Waals surface area contributed by atoms with Crippen molar-refractivity contribution in [1.29, 1.82) is 0 Å². The van der Waals surface area contributed by atoms with Crippen molar-refractivity contribution in [3.63, 3.8) is 0 Å². The van der Waals surface area contributed by atoms with Gasteiger partial charge >= 0.3 is 0 Å². The van der Waals surface area contributed by atoms with Crippen LogP contribution >= 0.6 is 23.2 Å². The second-order valence-electron chi connectivity index (χ2n) is 1.49. The fourth-order valence-electron chi connectivity index (χ4n) is 0.380. The highest BCUT2D eigenvalue weighted by Gasteiger charge is 2.01. The van der Waals surface area contributed by atoms with Crippen LogP contribution in [0.25, 0.3) is 0 Å². The predicted octanol–water partition coefficient (Wildman–Crippen LogP) is 0.520. The maximum Gasteiger partial charge on any atom is 0.146 e. The molecule has 0 aromatic rings. The highest BCUT2D eigenvalue weighted by molar-refractivity contribution is 6.19. The van der Waals surface area contributed by atoms with Crippen LogP contribution in [0.1, 0.15) is 6.42 Å². The Bertz CT molecular complexity index is 49.3. The molecule has 0 bridgehead atoms. The SMILES string of the molecule is [SiH3]OC(CCl)CCCl. The maximum atomic E-state index is 5.49. The summed E-state index contributed by atoms with van der Waals surface area (Å²) in [5.74, 6) is 1.20. The third-order valence-corrected chi connectivity index (χ3v) is 2.17. The van der Waals surface area contributed by atoms with Gasteiger partial charge in [0, 0.05) is 11.8 Å². The molecule has 0 spiro atoms. The van der Waals surface area contributed by atoms with Gasteiger partial charge in [-0.3, -0.25) is 0 Å². The molecule has 0 radical (unpaired) electrons. The van der Waals surface area contributed by atoms with E-state index in [2.05, 4.69) is 0 Å². The molecule has 0 aliphatic carbocycles. The second-order valence-corrected chi connectivity index (χ2v) is 2.65. The van der Waals surface area contributed by atoms with Gasteiger partial charge in [0.25, 0.3) is 0 Å². The van der Waals surface area contributed by atoms with E-state index < -0.39 is 0 Å². The molecule has 0 aromatic heterocycles. The summed E-state index contributed by atoms with van der Waals surface area (Å²) in [4.78, 5) is 0. The first-order chi connectivity index (χ1) is 3.85. The fourth-order valence-corrected chi connectivity index (χ4v) is 1.52. The lowest BCUT2D eigenvalue weighted by Crippen LogP contribution is -2.13. The van der Waals surface area contributed by atoms with Crippen molar-refractivity contribution in [3.05, 3.63) is 0 Å². The molecule has 0 saturated heterocycles. The molecule has 0 aliphatic heterocycles. The molecule has 1 unspecified atom stereocenters. The second kappa shape index (κ2) is 5.89. The van der Waals surface area contributed by atoms with E-state index in [0.717, 1.165) is 16.9 Å². The Morgan fingerprint density at radius 3 is 2.25 bits per heavy atom. The zero-order valence-electron chi connectivity index (χ0n) is 4.86. The van der Waals surface area contributed by atoms with Crippen LogP contribution in [0.5, 0.6) is 0 Å². The fraction of sp³-hybridized carbons (Fsp3) is 1.00. The molecule has 0 saturated carbocycles. The Balaban J connectivity index is 3.07. The zero-order valence-corrected chi connectivity index (χ0v) is 8.37. The minimum Gasteiger partial charge on any atom is -0.424 e. The van der Waals surface area contributed by atoms with Crippen LogP contribution in [-0.4, -0.2) is 28.3 Å². The van der Waals surface area contributed by atoms with Gasteiger partial charge in [-0.25, -0.2) is 0 Å². The van der Waals surface area contributed by atoms with Crippen molar-refractivity contribution in [2.75, 3.05) is 11.8 Å². The lowest BCUT2D eigenvalue weighted by atomic mass is 10.3. The van der Waals surface area contributed by atoms with Crippen molar-refractivity contribution in [3.8, 4) is 0 Å². The minimum absolute atomic E-state index is 0.195. The van der Waals surface area contributed by atoms with E-state index in [1.807, 2.05) is 0 Å². The molecular formula is C4H10Cl2OSi. The van der Waals surface area contributed by atoms with Gasteiger partial charge in [-0.2, -0.15) is 0 Å². The van der Waals surface area contributed by atoms with Gasteiger partial charge in [-0.15, -0.1) is 23.2 Å². The Hall–Kier alpha value is 0.757. The average molecular weight is 173 g/mol. The first kappa shape index (κ1) is 8.76. The van der Waals surface area contributed by atoms with Crippen molar-refractivity contribution < 1.29 is 4.43 Å².